The number of aromatic nitrogens is 1. The van der Waals surface area contributed by atoms with Gasteiger partial charge in [0.2, 0.25) is 5.78 Å². The van der Waals surface area contributed by atoms with Crippen molar-refractivity contribution in [2.45, 2.75) is 13.5 Å². The molecule has 32 heavy (non-hydrogen) atoms. The van der Waals surface area contributed by atoms with Gasteiger partial charge >= 0.3 is 5.97 Å². The van der Waals surface area contributed by atoms with Gasteiger partial charge in [-0.25, -0.2) is 4.79 Å². The molecule has 0 amide bonds. The maximum atomic E-state index is 12.9. The van der Waals surface area contributed by atoms with Gasteiger partial charge < -0.3 is 9.67 Å². The Kier molecular flexibility index (Phi) is 6.13. The largest absolute Gasteiger partial charge is 0.478 e. The molecule has 1 aromatic heterocycles. The Bertz CT molecular complexity index is 1300. The molecule has 4 aromatic rings. The van der Waals surface area contributed by atoms with E-state index < -0.39 is 5.97 Å². The fraction of sp³-hybridized carbons (Fsp3) is 0.0714. The summed E-state index contributed by atoms with van der Waals surface area (Å²) in [7, 11) is 0. The van der Waals surface area contributed by atoms with Gasteiger partial charge in [0.25, 0.3) is 0 Å². The molecule has 0 bridgehead atoms. The van der Waals surface area contributed by atoms with E-state index in [4.69, 9.17) is 0 Å². The highest BCUT2D eigenvalue weighted by atomic mass is 16.4. The Labute approximate surface area is 187 Å². The first-order chi connectivity index (χ1) is 15.5. The molecule has 4 rings (SSSR count). The molecular weight excluding hydrogens is 398 g/mol. The van der Waals surface area contributed by atoms with Crippen molar-refractivity contribution in [2.75, 3.05) is 0 Å². The van der Waals surface area contributed by atoms with E-state index in [1.165, 1.54) is 0 Å². The lowest BCUT2D eigenvalue weighted by molar-refractivity contribution is 0.0696. The van der Waals surface area contributed by atoms with Gasteiger partial charge in [0.15, 0.2) is 0 Å². The number of benzene rings is 3. The van der Waals surface area contributed by atoms with E-state index in [1.807, 2.05) is 96.6 Å². The summed E-state index contributed by atoms with van der Waals surface area (Å²) >= 11 is 0. The van der Waals surface area contributed by atoms with Gasteiger partial charge in [0, 0.05) is 18.3 Å². The van der Waals surface area contributed by atoms with Crippen LogP contribution in [0.3, 0.4) is 0 Å². The van der Waals surface area contributed by atoms with Crippen molar-refractivity contribution < 1.29 is 14.7 Å². The molecule has 1 N–H and O–H groups in total. The lowest BCUT2D eigenvalue weighted by Crippen LogP contribution is -2.09. The Morgan fingerprint density at radius 3 is 2.31 bits per heavy atom. The van der Waals surface area contributed by atoms with Crippen LogP contribution in [-0.2, 0) is 6.54 Å². The number of hydrogen-bond acceptors (Lipinski definition) is 2. The molecule has 0 aliphatic rings. The zero-order valence-corrected chi connectivity index (χ0v) is 17.7. The van der Waals surface area contributed by atoms with Gasteiger partial charge in [-0.05, 0) is 53.9 Å². The number of carbonyl (C=O) groups is 2. The number of allylic oxidation sites excluding steroid dienone is 1. The number of rotatable bonds is 7. The molecule has 0 aliphatic carbocycles. The minimum atomic E-state index is -0.939. The van der Waals surface area contributed by atoms with Gasteiger partial charge in [-0.1, -0.05) is 72.3 Å². The predicted molar refractivity (Wildman–Crippen MR) is 127 cm³/mol. The summed E-state index contributed by atoms with van der Waals surface area (Å²) in [6.45, 7) is 2.57. The Morgan fingerprint density at radius 2 is 1.56 bits per heavy atom. The minimum Gasteiger partial charge on any atom is -0.478 e. The monoisotopic (exact) mass is 421 g/mol. The van der Waals surface area contributed by atoms with Crippen molar-refractivity contribution in [1.82, 2.24) is 4.57 Å². The van der Waals surface area contributed by atoms with E-state index in [0.717, 1.165) is 22.3 Å². The summed E-state index contributed by atoms with van der Waals surface area (Å²) in [5.74, 6) is -0.936. The third-order valence-electron chi connectivity index (χ3n) is 5.32. The maximum absolute atomic E-state index is 12.9. The van der Waals surface area contributed by atoms with Crippen LogP contribution in [0.5, 0.6) is 0 Å². The van der Waals surface area contributed by atoms with E-state index in [2.05, 4.69) is 0 Å². The third-order valence-corrected chi connectivity index (χ3v) is 5.32. The lowest BCUT2D eigenvalue weighted by Gasteiger charge is -2.07. The molecule has 0 aliphatic heterocycles. The van der Waals surface area contributed by atoms with Crippen molar-refractivity contribution in [2.24, 2.45) is 0 Å². The van der Waals surface area contributed by atoms with Crippen LogP contribution >= 0.6 is 0 Å². The van der Waals surface area contributed by atoms with Crippen molar-refractivity contribution >= 4 is 17.8 Å². The zero-order valence-electron chi connectivity index (χ0n) is 17.7. The fourth-order valence-corrected chi connectivity index (χ4v) is 3.59. The number of aryl methyl sites for hydroxylation is 1. The van der Waals surface area contributed by atoms with Gasteiger partial charge in [0.1, 0.15) is 0 Å². The molecule has 1 heterocycles. The summed E-state index contributed by atoms with van der Waals surface area (Å²) in [5, 5.41) is 9.23. The fourth-order valence-electron chi connectivity index (χ4n) is 3.59. The van der Waals surface area contributed by atoms with Crippen LogP contribution in [0.1, 0.15) is 37.5 Å². The normalized spacial score (nSPS) is 11.0. The molecule has 0 atom stereocenters. The van der Waals surface area contributed by atoms with Crippen molar-refractivity contribution in [3.63, 3.8) is 0 Å². The zero-order chi connectivity index (χ0) is 22.5. The van der Waals surface area contributed by atoms with E-state index in [-0.39, 0.29) is 11.3 Å². The average Bonchev–Trinajstić information content (AvgIpc) is 3.28. The van der Waals surface area contributed by atoms with Gasteiger partial charge in [0.05, 0.1) is 11.3 Å². The number of nitrogens with zero attached hydrogens (tertiary/aromatic N) is 1. The highest BCUT2D eigenvalue weighted by Gasteiger charge is 2.12. The second kappa shape index (κ2) is 9.31. The average molecular weight is 421 g/mol. The highest BCUT2D eigenvalue weighted by molar-refractivity contribution is 6.08. The molecule has 0 fully saturated rings. The van der Waals surface area contributed by atoms with Crippen LogP contribution in [0.4, 0.5) is 0 Å². The minimum absolute atomic E-state index is 0.00343. The number of aromatic carboxylic acids is 1. The van der Waals surface area contributed by atoms with Crippen LogP contribution < -0.4 is 0 Å². The Hall–Kier alpha value is -4.18. The molecule has 0 unspecified atom stereocenters. The van der Waals surface area contributed by atoms with Crippen molar-refractivity contribution in [1.29, 1.82) is 0 Å². The molecule has 0 saturated carbocycles. The Balaban J connectivity index is 1.50. The number of carboxylic acids is 1. The molecule has 0 spiro atoms. The topological polar surface area (TPSA) is 59.3 Å². The molecule has 4 heteroatoms. The van der Waals surface area contributed by atoms with Crippen molar-refractivity contribution in [3.8, 4) is 11.1 Å². The standard InChI is InChI=1S/C28H23NO3/c1-20-12-14-22(15-13-20)27(30)26-11-5-17-29(26)16-4-7-21-6-2-8-23(18-21)24-9-3-10-25(19-24)28(31)32/h2-15,17-19H,16H2,1H3,(H,31,32)/b7-4+. The smallest absolute Gasteiger partial charge is 0.335 e. The van der Waals surface area contributed by atoms with Crippen LogP contribution in [0, 0.1) is 6.92 Å². The summed E-state index contributed by atoms with van der Waals surface area (Å²) in [4.78, 5) is 24.1. The number of hydrogen-bond donors (Lipinski definition) is 1. The third kappa shape index (κ3) is 4.76. The lowest BCUT2D eigenvalue weighted by atomic mass is 10.0. The molecule has 0 radical (unpaired) electrons. The first kappa shape index (κ1) is 21.1. The SMILES string of the molecule is Cc1ccc(C(=O)c2cccn2C/C=C/c2cccc(-c3cccc(C(=O)O)c3)c2)cc1. The summed E-state index contributed by atoms with van der Waals surface area (Å²) in [6, 6.07) is 26.2. The van der Waals surface area contributed by atoms with Gasteiger partial charge in [-0.3, -0.25) is 4.79 Å². The summed E-state index contributed by atoms with van der Waals surface area (Å²) < 4.78 is 1.93. The van der Waals surface area contributed by atoms with Crippen LogP contribution in [-0.4, -0.2) is 21.4 Å². The molecule has 158 valence electrons. The van der Waals surface area contributed by atoms with E-state index in [9.17, 15) is 14.7 Å². The second-order valence-electron chi connectivity index (χ2n) is 7.65. The number of carboxylic acid groups (broad SMARTS) is 1. The quantitative estimate of drug-likeness (QED) is 0.367. The summed E-state index contributed by atoms with van der Waals surface area (Å²) in [5.41, 5.74) is 5.52. The first-order valence-corrected chi connectivity index (χ1v) is 10.4. The second-order valence-corrected chi connectivity index (χ2v) is 7.65. The predicted octanol–water partition coefficient (Wildman–Crippen LogP) is 6.11. The van der Waals surface area contributed by atoms with Gasteiger partial charge in [-0.15, -0.1) is 0 Å². The molecule has 3 aromatic carbocycles. The Morgan fingerprint density at radius 1 is 0.844 bits per heavy atom. The summed E-state index contributed by atoms with van der Waals surface area (Å²) in [6.07, 6.45) is 5.92. The van der Waals surface area contributed by atoms with Crippen LogP contribution in [0.2, 0.25) is 0 Å². The van der Waals surface area contributed by atoms with Crippen molar-refractivity contribution in [3.05, 3.63) is 125 Å². The van der Waals surface area contributed by atoms with Crippen LogP contribution in [0.15, 0.2) is 97.2 Å². The van der Waals surface area contributed by atoms with E-state index >= 15 is 0 Å². The van der Waals surface area contributed by atoms with E-state index in [1.54, 1.807) is 18.2 Å². The highest BCUT2D eigenvalue weighted by Crippen LogP contribution is 2.22. The number of ketones is 1. The number of carbonyl (C=O) groups excluding carboxylic acids is 1. The molecular formula is C28H23NO3. The maximum Gasteiger partial charge on any atom is 0.335 e. The molecule has 4 nitrogen and oxygen atoms in total. The van der Waals surface area contributed by atoms with Gasteiger partial charge in [-0.2, -0.15) is 0 Å². The molecule has 0 saturated heterocycles. The van der Waals surface area contributed by atoms with E-state index in [0.29, 0.717) is 17.8 Å². The first-order valence-electron chi connectivity index (χ1n) is 10.4. The van der Waals surface area contributed by atoms with Crippen LogP contribution in [0.25, 0.3) is 17.2 Å².